The van der Waals surface area contributed by atoms with Crippen molar-refractivity contribution >= 4 is 5.97 Å². The van der Waals surface area contributed by atoms with Gasteiger partial charge in [0.1, 0.15) is 5.54 Å². The maximum Gasteiger partial charge on any atom is 0.326 e. The highest BCUT2D eigenvalue weighted by atomic mass is 16.5. The van der Waals surface area contributed by atoms with Gasteiger partial charge in [0.2, 0.25) is 0 Å². The molecule has 1 N–H and O–H groups in total. The molecule has 4 heteroatoms. The molecule has 2 aliphatic rings. The zero-order valence-corrected chi connectivity index (χ0v) is 13.3. The van der Waals surface area contributed by atoms with Gasteiger partial charge >= 0.3 is 5.97 Å². The van der Waals surface area contributed by atoms with E-state index in [2.05, 4.69) is 24.1 Å². The maximum atomic E-state index is 12.4. The van der Waals surface area contributed by atoms with Gasteiger partial charge in [-0.15, -0.1) is 0 Å². The van der Waals surface area contributed by atoms with Gasteiger partial charge in [-0.05, 0) is 51.0 Å². The molecule has 2 rings (SSSR count). The molecule has 1 saturated heterocycles. The van der Waals surface area contributed by atoms with E-state index in [-0.39, 0.29) is 5.97 Å². The Kier molecular flexibility index (Phi) is 5.44. The Morgan fingerprint density at radius 1 is 1.35 bits per heavy atom. The van der Waals surface area contributed by atoms with Gasteiger partial charge in [0, 0.05) is 19.6 Å². The average Bonchev–Trinajstić information content (AvgIpc) is 3.22. The van der Waals surface area contributed by atoms with Crippen LogP contribution in [0.2, 0.25) is 0 Å². The summed E-state index contributed by atoms with van der Waals surface area (Å²) in [7, 11) is 0. The second-order valence-corrected chi connectivity index (χ2v) is 6.82. The van der Waals surface area contributed by atoms with Crippen LogP contribution < -0.4 is 5.32 Å². The SMILES string of the molecule is CCOC(=O)C1(NCC2CC2)CCN(CC(C)C)CC1. The summed E-state index contributed by atoms with van der Waals surface area (Å²) in [6.45, 7) is 11.0. The number of ether oxygens (including phenoxy) is 1. The summed E-state index contributed by atoms with van der Waals surface area (Å²) in [6, 6.07) is 0. The average molecular weight is 282 g/mol. The third kappa shape index (κ3) is 4.19. The highest BCUT2D eigenvalue weighted by Crippen LogP contribution is 2.31. The highest BCUT2D eigenvalue weighted by Gasteiger charge is 2.43. The summed E-state index contributed by atoms with van der Waals surface area (Å²) in [5.41, 5.74) is -0.425. The predicted molar refractivity (Wildman–Crippen MR) is 80.6 cm³/mol. The number of esters is 1. The maximum absolute atomic E-state index is 12.4. The van der Waals surface area contributed by atoms with Gasteiger partial charge in [0.05, 0.1) is 6.61 Å². The van der Waals surface area contributed by atoms with Crippen molar-refractivity contribution in [2.75, 3.05) is 32.8 Å². The van der Waals surface area contributed by atoms with Crippen LogP contribution in [0.4, 0.5) is 0 Å². The molecule has 0 amide bonds. The van der Waals surface area contributed by atoms with E-state index < -0.39 is 5.54 Å². The minimum Gasteiger partial charge on any atom is -0.465 e. The van der Waals surface area contributed by atoms with E-state index in [0.717, 1.165) is 44.9 Å². The van der Waals surface area contributed by atoms with Crippen molar-refractivity contribution in [3.63, 3.8) is 0 Å². The molecule has 4 nitrogen and oxygen atoms in total. The summed E-state index contributed by atoms with van der Waals surface area (Å²) >= 11 is 0. The number of hydrogen-bond acceptors (Lipinski definition) is 4. The Balaban J connectivity index is 1.91. The number of carbonyl (C=O) groups is 1. The second kappa shape index (κ2) is 6.90. The van der Waals surface area contributed by atoms with Crippen LogP contribution in [0, 0.1) is 11.8 Å². The van der Waals surface area contributed by atoms with Crippen molar-refractivity contribution in [1.29, 1.82) is 0 Å². The van der Waals surface area contributed by atoms with Crippen LogP contribution in [0.15, 0.2) is 0 Å². The number of carbonyl (C=O) groups excluding carboxylic acids is 1. The zero-order chi connectivity index (χ0) is 14.6. The van der Waals surface area contributed by atoms with E-state index in [1.165, 1.54) is 12.8 Å². The quantitative estimate of drug-likeness (QED) is 0.726. The molecule has 0 aromatic rings. The largest absolute Gasteiger partial charge is 0.465 e. The van der Waals surface area contributed by atoms with E-state index in [9.17, 15) is 4.79 Å². The standard InChI is InChI=1S/C16H30N2O2/c1-4-20-15(19)16(17-11-14-5-6-14)7-9-18(10-8-16)12-13(2)3/h13-14,17H,4-12H2,1-3H3. The summed E-state index contributed by atoms with van der Waals surface area (Å²) in [4.78, 5) is 14.9. The molecule has 0 radical (unpaired) electrons. The van der Waals surface area contributed by atoms with Crippen LogP contribution >= 0.6 is 0 Å². The van der Waals surface area contributed by atoms with Gasteiger partial charge in [-0.3, -0.25) is 4.79 Å². The van der Waals surface area contributed by atoms with Crippen LogP contribution in [0.1, 0.15) is 46.5 Å². The number of rotatable bonds is 7. The molecule has 0 aromatic carbocycles. The fourth-order valence-electron chi connectivity index (χ4n) is 3.02. The Hall–Kier alpha value is -0.610. The molecule has 0 aromatic heterocycles. The first-order valence-electron chi connectivity index (χ1n) is 8.20. The molecule has 116 valence electrons. The van der Waals surface area contributed by atoms with Gasteiger partial charge < -0.3 is 15.0 Å². The van der Waals surface area contributed by atoms with Crippen LogP contribution in [-0.4, -0.2) is 49.2 Å². The lowest BCUT2D eigenvalue weighted by Gasteiger charge is -2.41. The second-order valence-electron chi connectivity index (χ2n) is 6.82. The molecule has 1 heterocycles. The van der Waals surface area contributed by atoms with E-state index in [0.29, 0.717) is 12.5 Å². The lowest BCUT2D eigenvalue weighted by Crippen LogP contribution is -2.59. The minimum atomic E-state index is -0.425. The molecule has 1 saturated carbocycles. The molecule has 2 fully saturated rings. The monoisotopic (exact) mass is 282 g/mol. The molecular weight excluding hydrogens is 252 g/mol. The lowest BCUT2D eigenvalue weighted by molar-refractivity contribution is -0.153. The van der Waals surface area contributed by atoms with Crippen molar-refractivity contribution < 1.29 is 9.53 Å². The number of nitrogens with zero attached hydrogens (tertiary/aromatic N) is 1. The summed E-state index contributed by atoms with van der Waals surface area (Å²) < 4.78 is 5.33. The van der Waals surface area contributed by atoms with Crippen LogP contribution in [0.25, 0.3) is 0 Å². The molecule has 0 unspecified atom stereocenters. The van der Waals surface area contributed by atoms with Crippen molar-refractivity contribution in [3.05, 3.63) is 0 Å². The van der Waals surface area contributed by atoms with Gasteiger partial charge in [0.15, 0.2) is 0 Å². The highest BCUT2D eigenvalue weighted by molar-refractivity contribution is 5.81. The zero-order valence-electron chi connectivity index (χ0n) is 13.3. The normalized spacial score (nSPS) is 23.0. The van der Waals surface area contributed by atoms with Crippen molar-refractivity contribution in [2.24, 2.45) is 11.8 Å². The van der Waals surface area contributed by atoms with Gasteiger partial charge in [-0.2, -0.15) is 0 Å². The Morgan fingerprint density at radius 2 is 2.00 bits per heavy atom. The lowest BCUT2D eigenvalue weighted by atomic mass is 9.86. The molecule has 0 bridgehead atoms. The van der Waals surface area contributed by atoms with Crippen LogP contribution in [0.3, 0.4) is 0 Å². The van der Waals surface area contributed by atoms with Gasteiger partial charge in [-0.1, -0.05) is 13.8 Å². The fourth-order valence-corrected chi connectivity index (χ4v) is 3.02. The first-order chi connectivity index (χ1) is 9.55. The number of nitrogens with one attached hydrogen (secondary N) is 1. The van der Waals surface area contributed by atoms with Crippen LogP contribution in [-0.2, 0) is 9.53 Å². The topological polar surface area (TPSA) is 41.6 Å². The first-order valence-corrected chi connectivity index (χ1v) is 8.20. The van der Waals surface area contributed by atoms with Gasteiger partial charge in [0.25, 0.3) is 0 Å². The Bertz CT molecular complexity index is 318. The molecule has 0 atom stereocenters. The molecule has 1 aliphatic heterocycles. The van der Waals surface area contributed by atoms with Crippen molar-refractivity contribution in [3.8, 4) is 0 Å². The number of hydrogen-bond donors (Lipinski definition) is 1. The Morgan fingerprint density at radius 3 is 2.50 bits per heavy atom. The van der Waals surface area contributed by atoms with Crippen LogP contribution in [0.5, 0.6) is 0 Å². The summed E-state index contributed by atoms with van der Waals surface area (Å²) in [6.07, 6.45) is 4.38. The third-order valence-electron chi connectivity index (χ3n) is 4.43. The molecular formula is C16H30N2O2. The summed E-state index contributed by atoms with van der Waals surface area (Å²) in [5.74, 6) is 1.43. The fraction of sp³-hybridized carbons (Fsp3) is 0.938. The molecule has 1 aliphatic carbocycles. The number of likely N-dealkylation sites (tertiary alicyclic amines) is 1. The minimum absolute atomic E-state index is 0.0372. The van der Waals surface area contributed by atoms with E-state index in [1.54, 1.807) is 0 Å². The summed E-state index contributed by atoms with van der Waals surface area (Å²) in [5, 5.41) is 3.55. The first kappa shape index (κ1) is 15.8. The van der Waals surface area contributed by atoms with E-state index in [1.807, 2.05) is 6.92 Å². The molecule has 0 spiro atoms. The van der Waals surface area contributed by atoms with E-state index >= 15 is 0 Å². The van der Waals surface area contributed by atoms with Crippen molar-refractivity contribution in [1.82, 2.24) is 10.2 Å². The smallest absolute Gasteiger partial charge is 0.326 e. The Labute approximate surface area is 123 Å². The van der Waals surface area contributed by atoms with Gasteiger partial charge in [-0.25, -0.2) is 0 Å². The third-order valence-corrected chi connectivity index (χ3v) is 4.43. The number of piperidine rings is 1. The molecule has 20 heavy (non-hydrogen) atoms. The van der Waals surface area contributed by atoms with E-state index in [4.69, 9.17) is 4.74 Å². The predicted octanol–water partition coefficient (Wildman–Crippen LogP) is 2.04. The van der Waals surface area contributed by atoms with Crippen molar-refractivity contribution in [2.45, 2.75) is 52.0 Å².